The van der Waals surface area contributed by atoms with Crippen molar-refractivity contribution in [3.63, 3.8) is 0 Å². The van der Waals surface area contributed by atoms with E-state index in [1.54, 1.807) is 18.2 Å². The number of aromatic nitrogens is 2. The fourth-order valence-electron chi connectivity index (χ4n) is 7.89. The van der Waals surface area contributed by atoms with Crippen LogP contribution in [-0.4, -0.2) is 83.6 Å². The highest BCUT2D eigenvalue weighted by atomic mass is 19.1. The van der Waals surface area contributed by atoms with Crippen LogP contribution in [0.3, 0.4) is 0 Å². The molecule has 10 heteroatoms. The number of benzene rings is 3. The molecule has 4 heterocycles. The molecule has 4 aromatic rings. The molecule has 1 aliphatic carbocycles. The minimum absolute atomic E-state index is 0.0257. The molecule has 2 N–H and O–H groups in total. The van der Waals surface area contributed by atoms with E-state index in [4.69, 9.17) is 20.9 Å². The van der Waals surface area contributed by atoms with Gasteiger partial charge in [-0.25, -0.2) is 8.78 Å². The largest absolute Gasteiger partial charge is 0.508 e. The second kappa shape index (κ2) is 11.6. The molecule has 8 rings (SSSR count). The van der Waals surface area contributed by atoms with Crippen LogP contribution < -0.4 is 15.0 Å². The number of phenolic OH excluding ortho intramolecular Hbond substituents is 1. The Morgan fingerprint density at radius 2 is 1.83 bits per heavy atom. The number of hydrogen-bond donors (Lipinski definition) is 2. The van der Waals surface area contributed by atoms with Crippen LogP contribution in [0.15, 0.2) is 36.4 Å². The van der Waals surface area contributed by atoms with Crippen LogP contribution in [0.1, 0.15) is 45.1 Å². The monoisotopic (exact) mass is 639 g/mol. The highest BCUT2D eigenvalue weighted by Gasteiger charge is 2.47. The fraction of sp³-hybridized carbons (Fsp3) is 0.459. The zero-order chi connectivity index (χ0) is 32.4. The van der Waals surface area contributed by atoms with Gasteiger partial charge in [-0.05, 0) is 69.2 Å². The molecule has 4 aliphatic rings. The summed E-state index contributed by atoms with van der Waals surface area (Å²) in [5, 5.41) is 15.6. The van der Waals surface area contributed by atoms with E-state index >= 15 is 8.78 Å². The van der Waals surface area contributed by atoms with E-state index < -0.39 is 11.6 Å². The lowest BCUT2D eigenvalue weighted by atomic mass is 9.93. The van der Waals surface area contributed by atoms with Crippen molar-refractivity contribution in [2.75, 3.05) is 44.4 Å². The van der Waals surface area contributed by atoms with Crippen molar-refractivity contribution in [1.82, 2.24) is 20.2 Å². The van der Waals surface area contributed by atoms with Gasteiger partial charge in [0.15, 0.2) is 5.82 Å². The molecule has 1 aromatic heterocycles. The lowest BCUT2D eigenvalue weighted by molar-refractivity contribution is -0.0483. The van der Waals surface area contributed by atoms with Gasteiger partial charge in [-0.2, -0.15) is 9.97 Å². The predicted molar refractivity (Wildman–Crippen MR) is 178 cm³/mol. The quantitative estimate of drug-likeness (QED) is 0.252. The number of anilines is 1. The maximum atomic E-state index is 16.9. The number of terminal acetylenes is 1. The van der Waals surface area contributed by atoms with Crippen molar-refractivity contribution in [1.29, 1.82) is 0 Å². The lowest BCUT2D eigenvalue weighted by Gasteiger charge is -2.40. The third-order valence-corrected chi connectivity index (χ3v) is 10.6. The van der Waals surface area contributed by atoms with Crippen molar-refractivity contribution in [3.05, 3.63) is 53.6 Å². The molecule has 0 spiro atoms. The van der Waals surface area contributed by atoms with Crippen LogP contribution >= 0.6 is 0 Å². The molecule has 244 valence electrons. The second-order valence-electron chi connectivity index (χ2n) is 14.1. The number of rotatable bonds is 7. The second-order valence-corrected chi connectivity index (χ2v) is 14.1. The first-order valence-electron chi connectivity index (χ1n) is 16.6. The molecule has 8 nitrogen and oxygen atoms in total. The molecule has 3 saturated heterocycles. The Morgan fingerprint density at radius 1 is 1.09 bits per heavy atom. The van der Waals surface area contributed by atoms with Crippen molar-refractivity contribution in [3.8, 4) is 35.2 Å². The van der Waals surface area contributed by atoms with Crippen molar-refractivity contribution >= 4 is 27.5 Å². The summed E-state index contributed by atoms with van der Waals surface area (Å²) in [6.07, 6.45) is 9.95. The minimum Gasteiger partial charge on any atom is -0.508 e. The molecule has 4 fully saturated rings. The van der Waals surface area contributed by atoms with E-state index in [9.17, 15) is 5.11 Å². The summed E-state index contributed by atoms with van der Waals surface area (Å²) >= 11 is 0. The summed E-state index contributed by atoms with van der Waals surface area (Å²) in [5.41, 5.74) is 0.274. The van der Waals surface area contributed by atoms with E-state index in [2.05, 4.69) is 39.9 Å². The van der Waals surface area contributed by atoms with Crippen LogP contribution in [0, 0.1) is 29.4 Å². The first kappa shape index (κ1) is 30.3. The number of phenols is 1. The molecule has 2 unspecified atom stereocenters. The molecule has 2 bridgehead atoms. The Labute approximate surface area is 273 Å². The number of halogens is 2. The van der Waals surface area contributed by atoms with Crippen molar-refractivity contribution < 1.29 is 23.4 Å². The summed E-state index contributed by atoms with van der Waals surface area (Å²) in [7, 11) is 0. The SMILES string of the molecule is C#Cc1cccc2cc(O)cc(-c3c(F)cc4c(N5CC6CCC(C5)N6)nc(OCC5(CN6[C@H](C)COC[C@H]6C)CC5)nc4c3F)c12. The molecular weight excluding hydrogens is 600 g/mol. The van der Waals surface area contributed by atoms with E-state index in [0.717, 1.165) is 32.2 Å². The van der Waals surface area contributed by atoms with Crippen LogP contribution in [0.4, 0.5) is 14.6 Å². The summed E-state index contributed by atoms with van der Waals surface area (Å²) in [4.78, 5) is 14.0. The molecule has 3 aliphatic heterocycles. The number of piperazine rings is 1. The third kappa shape index (κ3) is 5.44. The lowest BCUT2D eigenvalue weighted by Crippen LogP contribution is -2.52. The Morgan fingerprint density at radius 3 is 2.53 bits per heavy atom. The van der Waals surface area contributed by atoms with Gasteiger partial charge in [-0.1, -0.05) is 18.1 Å². The first-order chi connectivity index (χ1) is 22.7. The van der Waals surface area contributed by atoms with Crippen LogP contribution in [0.25, 0.3) is 32.8 Å². The van der Waals surface area contributed by atoms with Crippen molar-refractivity contribution in [2.24, 2.45) is 5.41 Å². The number of ether oxygens (including phenoxy) is 2. The van der Waals surface area contributed by atoms with Gasteiger partial charge in [-0.3, -0.25) is 4.90 Å². The Hall–Kier alpha value is -4.04. The molecule has 0 radical (unpaired) electrons. The third-order valence-electron chi connectivity index (χ3n) is 10.6. The van der Waals surface area contributed by atoms with Gasteiger partial charge >= 0.3 is 6.01 Å². The van der Waals surface area contributed by atoms with E-state index in [0.29, 0.717) is 67.1 Å². The zero-order valence-electron chi connectivity index (χ0n) is 26.7. The van der Waals surface area contributed by atoms with E-state index in [-0.39, 0.29) is 51.3 Å². The predicted octanol–water partition coefficient (Wildman–Crippen LogP) is 5.62. The van der Waals surface area contributed by atoms with Crippen LogP contribution in [-0.2, 0) is 4.74 Å². The number of nitrogens with one attached hydrogen (secondary N) is 1. The minimum atomic E-state index is -0.845. The molecule has 47 heavy (non-hydrogen) atoms. The normalized spacial score (nSPS) is 25.3. The summed E-state index contributed by atoms with van der Waals surface area (Å²) in [5.74, 6) is 1.35. The Bertz CT molecular complexity index is 1900. The highest BCUT2D eigenvalue weighted by molar-refractivity contribution is 6.04. The van der Waals surface area contributed by atoms with Gasteiger partial charge < -0.3 is 24.8 Å². The summed E-state index contributed by atoms with van der Waals surface area (Å²) < 4.78 is 45.3. The van der Waals surface area contributed by atoms with Gasteiger partial charge in [0, 0.05) is 71.1 Å². The topological polar surface area (TPSA) is 83.0 Å². The van der Waals surface area contributed by atoms with Crippen molar-refractivity contribution in [2.45, 2.75) is 63.7 Å². The van der Waals surface area contributed by atoms with Gasteiger partial charge in [0.1, 0.15) is 22.9 Å². The standard InChI is InChI=1S/C37H39F2N5O3/c1-4-23-6-5-7-24-12-27(45)13-28(31(23)24)32-30(38)14-29-34(33(32)39)41-36(42-35(29)43-15-25-8-9-26(16-43)40-25)47-20-37(10-11-37)19-44-21(2)17-46-18-22(44)3/h1,5-7,12-14,21-22,25-26,40,45H,8-11,15-20H2,2-3H3/t21-,22-,25?,26?/m1/s1. The Kier molecular flexibility index (Phi) is 7.47. The van der Waals surface area contributed by atoms with Gasteiger partial charge in [0.2, 0.25) is 0 Å². The zero-order valence-corrected chi connectivity index (χ0v) is 26.7. The average Bonchev–Trinajstić information content (AvgIpc) is 3.75. The number of morpholine rings is 1. The average molecular weight is 640 g/mol. The highest BCUT2D eigenvalue weighted by Crippen LogP contribution is 2.48. The summed E-state index contributed by atoms with van der Waals surface area (Å²) in [6.45, 7) is 8.42. The molecular formula is C37H39F2N5O3. The molecule has 0 amide bonds. The van der Waals surface area contributed by atoms with Gasteiger partial charge in [-0.15, -0.1) is 6.42 Å². The molecule has 4 atom stereocenters. The Balaban J connectivity index is 1.22. The fourth-order valence-corrected chi connectivity index (χ4v) is 7.89. The number of aromatic hydroxyl groups is 1. The first-order valence-corrected chi connectivity index (χ1v) is 16.6. The van der Waals surface area contributed by atoms with Crippen LogP contribution in [0.2, 0.25) is 0 Å². The van der Waals surface area contributed by atoms with Crippen LogP contribution in [0.5, 0.6) is 11.8 Å². The van der Waals surface area contributed by atoms with Gasteiger partial charge in [0.05, 0.1) is 25.4 Å². The van der Waals surface area contributed by atoms with E-state index in [1.165, 1.54) is 18.2 Å². The van der Waals surface area contributed by atoms with E-state index in [1.807, 2.05) is 0 Å². The summed E-state index contributed by atoms with van der Waals surface area (Å²) in [6, 6.07) is 10.7. The number of nitrogens with zero attached hydrogens (tertiary/aromatic N) is 4. The smallest absolute Gasteiger partial charge is 0.319 e. The number of fused-ring (bicyclic) bond motifs is 4. The van der Waals surface area contributed by atoms with Gasteiger partial charge in [0.25, 0.3) is 0 Å². The maximum absolute atomic E-state index is 16.9. The molecule has 3 aromatic carbocycles. The maximum Gasteiger partial charge on any atom is 0.319 e. The molecule has 1 saturated carbocycles. The number of hydrogen-bond acceptors (Lipinski definition) is 8.